The second-order valence-corrected chi connectivity index (χ2v) is 6.67. The van der Waals surface area contributed by atoms with Gasteiger partial charge in [0.2, 0.25) is 5.91 Å². The van der Waals surface area contributed by atoms with Gasteiger partial charge in [0.1, 0.15) is 5.75 Å². The molecule has 0 spiro atoms. The zero-order valence-corrected chi connectivity index (χ0v) is 16.7. The molecule has 2 aliphatic rings. The van der Waals surface area contributed by atoms with Crippen molar-refractivity contribution in [2.75, 3.05) is 44.9 Å². The molecule has 8 heteroatoms. The molecule has 2 aliphatic heterocycles. The minimum absolute atomic E-state index is 0. The van der Waals surface area contributed by atoms with E-state index in [1.807, 2.05) is 18.2 Å². The Balaban J connectivity index is 0.00000169. The first-order valence-electron chi connectivity index (χ1n) is 8.65. The highest BCUT2D eigenvalue weighted by molar-refractivity contribution is 5.85. The van der Waals surface area contributed by atoms with Gasteiger partial charge in [0, 0.05) is 38.9 Å². The van der Waals surface area contributed by atoms with Gasteiger partial charge in [0.15, 0.2) is 0 Å². The first kappa shape index (κ1) is 22.8. The topological polar surface area (TPSA) is 76.8 Å². The molecule has 0 radical (unpaired) electrons. The zero-order valence-electron chi connectivity index (χ0n) is 15.1. The molecule has 148 valence electrons. The van der Waals surface area contributed by atoms with Crippen LogP contribution in [0.4, 0.5) is 5.69 Å². The van der Waals surface area contributed by atoms with Gasteiger partial charge in [-0.1, -0.05) is 12.1 Å². The number of methoxy groups -OCH3 is 1. The summed E-state index contributed by atoms with van der Waals surface area (Å²) in [4.78, 5) is 15.1. The van der Waals surface area contributed by atoms with Gasteiger partial charge >= 0.3 is 0 Å². The van der Waals surface area contributed by atoms with E-state index in [9.17, 15) is 4.79 Å². The average molecular weight is 406 g/mol. The number of nitrogens with two attached hydrogens (primary N) is 1. The SMILES string of the molecule is COc1ccccc1N1CCC(NC(=O)C2(CN)CCOCC2)C1.Cl.Cl. The van der Waals surface area contributed by atoms with Gasteiger partial charge in [0.05, 0.1) is 18.2 Å². The average Bonchev–Trinajstić information content (AvgIpc) is 3.10. The lowest BCUT2D eigenvalue weighted by atomic mass is 9.79. The molecular weight excluding hydrogens is 377 g/mol. The molecule has 26 heavy (non-hydrogen) atoms. The fourth-order valence-corrected chi connectivity index (χ4v) is 3.61. The normalized spacial score (nSPS) is 21.3. The van der Waals surface area contributed by atoms with E-state index in [1.165, 1.54) is 0 Å². The first-order chi connectivity index (χ1) is 11.7. The van der Waals surface area contributed by atoms with Gasteiger partial charge in [-0.3, -0.25) is 4.79 Å². The summed E-state index contributed by atoms with van der Waals surface area (Å²) in [7, 11) is 1.68. The predicted octanol–water partition coefficient (Wildman–Crippen LogP) is 1.99. The monoisotopic (exact) mass is 405 g/mol. The number of carbonyl (C=O) groups excluding carboxylic acids is 1. The second kappa shape index (κ2) is 10.2. The first-order valence-corrected chi connectivity index (χ1v) is 8.65. The van der Waals surface area contributed by atoms with E-state index < -0.39 is 5.41 Å². The Bertz CT molecular complexity index is 583. The maximum Gasteiger partial charge on any atom is 0.227 e. The summed E-state index contributed by atoms with van der Waals surface area (Å²) in [6, 6.07) is 8.15. The van der Waals surface area contributed by atoms with Crippen molar-refractivity contribution >= 4 is 36.4 Å². The van der Waals surface area contributed by atoms with Crippen LogP contribution in [0.15, 0.2) is 24.3 Å². The van der Waals surface area contributed by atoms with Crippen molar-refractivity contribution in [1.82, 2.24) is 5.32 Å². The minimum Gasteiger partial charge on any atom is -0.495 e. The van der Waals surface area contributed by atoms with Gasteiger partial charge in [-0.2, -0.15) is 0 Å². The van der Waals surface area contributed by atoms with Crippen LogP contribution in [-0.4, -0.2) is 51.9 Å². The van der Waals surface area contributed by atoms with Gasteiger partial charge in [-0.15, -0.1) is 24.8 Å². The summed E-state index contributed by atoms with van der Waals surface area (Å²) in [6.45, 7) is 3.31. The van der Waals surface area contributed by atoms with Crippen LogP contribution in [0.5, 0.6) is 5.75 Å². The zero-order chi connectivity index (χ0) is 17.0. The van der Waals surface area contributed by atoms with Crippen molar-refractivity contribution in [3.05, 3.63) is 24.3 Å². The van der Waals surface area contributed by atoms with Gasteiger partial charge in [-0.05, 0) is 31.4 Å². The molecule has 0 aromatic heterocycles. The van der Waals surface area contributed by atoms with Crippen molar-refractivity contribution in [3.8, 4) is 5.75 Å². The van der Waals surface area contributed by atoms with Crippen LogP contribution in [-0.2, 0) is 9.53 Å². The number of hydrogen-bond donors (Lipinski definition) is 2. The predicted molar refractivity (Wildman–Crippen MR) is 108 cm³/mol. The molecule has 2 fully saturated rings. The van der Waals surface area contributed by atoms with Crippen LogP contribution >= 0.6 is 24.8 Å². The molecule has 0 bridgehead atoms. The highest BCUT2D eigenvalue weighted by Crippen LogP contribution is 2.32. The number of halogens is 2. The Hall–Kier alpha value is -1.21. The highest BCUT2D eigenvalue weighted by Gasteiger charge is 2.40. The summed E-state index contributed by atoms with van der Waals surface area (Å²) >= 11 is 0. The molecule has 2 saturated heterocycles. The van der Waals surface area contributed by atoms with E-state index >= 15 is 0 Å². The van der Waals surface area contributed by atoms with Crippen molar-refractivity contribution in [2.45, 2.75) is 25.3 Å². The quantitative estimate of drug-likeness (QED) is 0.782. The lowest BCUT2D eigenvalue weighted by Crippen LogP contribution is -2.52. The summed E-state index contributed by atoms with van der Waals surface area (Å²) in [5, 5.41) is 3.22. The summed E-state index contributed by atoms with van der Waals surface area (Å²) in [5.41, 5.74) is 6.54. The number of ether oxygens (including phenoxy) is 2. The standard InChI is InChI=1S/C18H27N3O3.2ClH/c1-23-16-5-3-2-4-15(16)21-9-6-14(12-21)20-17(22)18(13-19)7-10-24-11-8-18;;/h2-5,14H,6-13,19H2,1H3,(H,20,22);2*1H. The molecule has 0 saturated carbocycles. The van der Waals surface area contributed by atoms with E-state index in [0.29, 0.717) is 32.6 Å². The minimum atomic E-state index is -0.462. The van der Waals surface area contributed by atoms with Crippen LogP contribution < -0.4 is 20.7 Å². The lowest BCUT2D eigenvalue weighted by Gasteiger charge is -2.35. The Morgan fingerprint density at radius 3 is 2.69 bits per heavy atom. The number of carbonyl (C=O) groups is 1. The summed E-state index contributed by atoms with van der Waals surface area (Å²) in [6.07, 6.45) is 2.34. The molecule has 1 atom stereocenters. The number of nitrogens with zero attached hydrogens (tertiary/aromatic N) is 1. The number of para-hydroxylation sites is 2. The second-order valence-electron chi connectivity index (χ2n) is 6.67. The molecule has 1 aromatic rings. The number of hydrogen-bond acceptors (Lipinski definition) is 5. The van der Waals surface area contributed by atoms with E-state index in [1.54, 1.807) is 7.11 Å². The number of benzene rings is 1. The van der Waals surface area contributed by atoms with E-state index in [0.717, 1.165) is 30.9 Å². The number of amides is 1. The van der Waals surface area contributed by atoms with Crippen LogP contribution in [0.2, 0.25) is 0 Å². The molecule has 6 nitrogen and oxygen atoms in total. The third-order valence-electron chi connectivity index (χ3n) is 5.27. The molecule has 0 aliphatic carbocycles. The van der Waals surface area contributed by atoms with Crippen LogP contribution in [0, 0.1) is 5.41 Å². The molecule has 1 amide bonds. The molecule has 3 N–H and O–H groups in total. The van der Waals surface area contributed by atoms with Crippen molar-refractivity contribution in [3.63, 3.8) is 0 Å². The Morgan fingerprint density at radius 2 is 2.04 bits per heavy atom. The summed E-state index contributed by atoms with van der Waals surface area (Å²) < 4.78 is 10.8. The van der Waals surface area contributed by atoms with Crippen molar-refractivity contribution in [1.29, 1.82) is 0 Å². The maximum atomic E-state index is 12.8. The van der Waals surface area contributed by atoms with Crippen molar-refractivity contribution < 1.29 is 14.3 Å². The Kier molecular flexibility index (Phi) is 8.96. The van der Waals surface area contributed by atoms with Crippen LogP contribution in [0.1, 0.15) is 19.3 Å². The fourth-order valence-electron chi connectivity index (χ4n) is 3.61. The Morgan fingerprint density at radius 1 is 1.35 bits per heavy atom. The molecule has 2 heterocycles. The molecular formula is C18H29Cl2N3O3. The largest absolute Gasteiger partial charge is 0.495 e. The Labute approximate surface area is 167 Å². The third-order valence-corrected chi connectivity index (χ3v) is 5.27. The van der Waals surface area contributed by atoms with Gasteiger partial charge < -0.3 is 25.4 Å². The van der Waals surface area contributed by atoms with Gasteiger partial charge in [-0.25, -0.2) is 0 Å². The number of rotatable bonds is 5. The van der Waals surface area contributed by atoms with E-state index in [-0.39, 0.29) is 36.8 Å². The molecule has 3 rings (SSSR count). The van der Waals surface area contributed by atoms with Gasteiger partial charge in [0.25, 0.3) is 0 Å². The maximum absolute atomic E-state index is 12.8. The number of nitrogens with one attached hydrogen (secondary N) is 1. The van der Waals surface area contributed by atoms with Crippen LogP contribution in [0.3, 0.4) is 0 Å². The van der Waals surface area contributed by atoms with Crippen molar-refractivity contribution in [2.24, 2.45) is 11.1 Å². The number of anilines is 1. The van der Waals surface area contributed by atoms with Crippen LogP contribution in [0.25, 0.3) is 0 Å². The fraction of sp³-hybridized carbons (Fsp3) is 0.611. The van der Waals surface area contributed by atoms with E-state index in [4.69, 9.17) is 15.2 Å². The lowest BCUT2D eigenvalue weighted by molar-refractivity contribution is -0.136. The smallest absolute Gasteiger partial charge is 0.227 e. The van der Waals surface area contributed by atoms with E-state index in [2.05, 4.69) is 16.3 Å². The molecule has 1 unspecified atom stereocenters. The third kappa shape index (κ3) is 4.74. The summed E-state index contributed by atoms with van der Waals surface area (Å²) in [5.74, 6) is 0.951. The highest BCUT2D eigenvalue weighted by atomic mass is 35.5. The molecule has 1 aromatic carbocycles.